The molecule has 2 rings (SSSR count). The van der Waals surface area contributed by atoms with E-state index in [1.54, 1.807) is 6.07 Å². The summed E-state index contributed by atoms with van der Waals surface area (Å²) in [5.74, 6) is 4.51. The van der Waals surface area contributed by atoms with Gasteiger partial charge in [-0.3, -0.25) is 0 Å². The van der Waals surface area contributed by atoms with Crippen LogP contribution in [-0.2, 0) is 10.2 Å². The number of fused-ring (bicyclic) bond motifs is 1. The largest absolute Gasteiger partial charge is 0.493 e. The summed E-state index contributed by atoms with van der Waals surface area (Å²) in [7, 11) is 0. The molecule has 0 unspecified atom stereocenters. The molecule has 0 amide bonds. The Bertz CT molecular complexity index is 518. The third-order valence-corrected chi connectivity index (χ3v) is 3.01. The van der Waals surface area contributed by atoms with E-state index in [0.717, 1.165) is 24.3 Å². The van der Waals surface area contributed by atoms with Crippen molar-refractivity contribution in [1.82, 2.24) is 0 Å². The van der Waals surface area contributed by atoms with Crippen molar-refractivity contribution in [3.63, 3.8) is 0 Å². The van der Waals surface area contributed by atoms with Gasteiger partial charge in [-0.15, -0.1) is 0 Å². The van der Waals surface area contributed by atoms with Crippen LogP contribution in [0.25, 0.3) is 0 Å². The maximum atomic E-state index is 10.4. The van der Waals surface area contributed by atoms with E-state index >= 15 is 0 Å². The lowest BCUT2D eigenvalue weighted by Crippen LogP contribution is -2.26. The van der Waals surface area contributed by atoms with Crippen LogP contribution in [0.1, 0.15) is 31.4 Å². The number of rotatable bonds is 0. The lowest BCUT2D eigenvalue weighted by molar-refractivity contribution is -0.130. The second kappa shape index (κ2) is 4.14. The molecule has 1 N–H and O–H groups in total. The average Bonchev–Trinajstić information content (AvgIpc) is 2.26. The van der Waals surface area contributed by atoms with Crippen molar-refractivity contribution in [2.24, 2.45) is 0 Å². The fraction of sp³-hybridized carbons (Fsp3) is 0.357. The lowest BCUT2D eigenvalue weighted by Gasteiger charge is -2.32. The number of carboxylic acid groups (broad SMARTS) is 1. The minimum atomic E-state index is -1.11. The van der Waals surface area contributed by atoms with Gasteiger partial charge in [-0.05, 0) is 30.0 Å². The first-order valence-electron chi connectivity index (χ1n) is 5.51. The molecular formula is C14H14O3. The van der Waals surface area contributed by atoms with Crippen molar-refractivity contribution >= 4 is 5.97 Å². The van der Waals surface area contributed by atoms with Crippen LogP contribution in [0.15, 0.2) is 18.2 Å². The minimum Gasteiger partial charge on any atom is -0.493 e. The summed E-state index contributed by atoms with van der Waals surface area (Å²) < 4.78 is 5.58. The summed E-state index contributed by atoms with van der Waals surface area (Å²) in [5.41, 5.74) is 1.86. The first kappa shape index (κ1) is 11.5. The molecule has 3 nitrogen and oxygen atoms in total. The van der Waals surface area contributed by atoms with Gasteiger partial charge in [-0.1, -0.05) is 19.8 Å². The Morgan fingerprint density at radius 3 is 2.94 bits per heavy atom. The third kappa shape index (κ3) is 2.42. The Kier molecular flexibility index (Phi) is 2.81. The summed E-state index contributed by atoms with van der Waals surface area (Å²) in [4.78, 5) is 10.4. The van der Waals surface area contributed by atoms with E-state index in [1.165, 1.54) is 0 Å². The molecule has 1 aliphatic rings. The van der Waals surface area contributed by atoms with Gasteiger partial charge in [0.25, 0.3) is 0 Å². The normalized spacial score (nSPS) is 16.1. The zero-order chi connectivity index (χ0) is 12.5. The lowest BCUT2D eigenvalue weighted by atomic mass is 9.79. The monoisotopic (exact) mass is 230 g/mol. The quantitative estimate of drug-likeness (QED) is 0.695. The molecule has 0 saturated carbocycles. The highest BCUT2D eigenvalue weighted by atomic mass is 16.5. The van der Waals surface area contributed by atoms with Gasteiger partial charge in [0.2, 0.25) is 0 Å². The number of benzene rings is 1. The Hall–Kier alpha value is -1.95. The Balaban J connectivity index is 2.43. The Morgan fingerprint density at radius 1 is 1.47 bits per heavy atom. The van der Waals surface area contributed by atoms with Crippen LogP contribution < -0.4 is 4.74 Å². The van der Waals surface area contributed by atoms with Crippen LogP contribution in [0.3, 0.4) is 0 Å². The zero-order valence-electron chi connectivity index (χ0n) is 9.91. The molecule has 0 radical (unpaired) electrons. The summed E-state index contributed by atoms with van der Waals surface area (Å²) in [6.45, 7) is 5.03. The first-order chi connectivity index (χ1) is 7.99. The molecule has 0 bridgehead atoms. The van der Waals surface area contributed by atoms with E-state index in [2.05, 4.69) is 25.7 Å². The number of aliphatic carboxylic acids is 1. The molecule has 1 aromatic carbocycles. The van der Waals surface area contributed by atoms with E-state index < -0.39 is 5.97 Å². The molecule has 88 valence electrons. The standard InChI is InChI=1S/C14H14O3/c1-14(2)7-8-17-12-5-3-10(9-11(12)14)4-6-13(15)16/h3,5,9H,7-8H2,1-2H3,(H,15,16). The minimum absolute atomic E-state index is 0.0501. The molecule has 1 aliphatic heterocycles. The predicted octanol–water partition coefficient (Wildman–Crippen LogP) is 2.18. The third-order valence-electron chi connectivity index (χ3n) is 3.01. The van der Waals surface area contributed by atoms with E-state index in [0.29, 0.717) is 5.56 Å². The predicted molar refractivity (Wildman–Crippen MR) is 64.1 cm³/mol. The Labute approximate surface area is 100 Å². The molecular weight excluding hydrogens is 216 g/mol. The Morgan fingerprint density at radius 2 is 2.24 bits per heavy atom. The molecule has 3 heteroatoms. The molecule has 0 spiro atoms. The van der Waals surface area contributed by atoms with Crippen molar-refractivity contribution in [3.8, 4) is 17.6 Å². The highest BCUT2D eigenvalue weighted by molar-refractivity contribution is 5.87. The molecule has 17 heavy (non-hydrogen) atoms. The molecule has 0 saturated heterocycles. The second-order valence-electron chi connectivity index (χ2n) is 4.75. The maximum Gasteiger partial charge on any atom is 0.382 e. The van der Waals surface area contributed by atoms with E-state index in [4.69, 9.17) is 9.84 Å². The van der Waals surface area contributed by atoms with Crippen molar-refractivity contribution in [3.05, 3.63) is 29.3 Å². The summed E-state index contributed by atoms with van der Waals surface area (Å²) in [5, 5.41) is 8.52. The second-order valence-corrected chi connectivity index (χ2v) is 4.75. The fourth-order valence-electron chi connectivity index (χ4n) is 1.94. The number of carbonyl (C=O) groups is 1. The highest BCUT2D eigenvalue weighted by Crippen LogP contribution is 2.38. The summed E-state index contributed by atoms with van der Waals surface area (Å²) in [6, 6.07) is 5.57. The fourth-order valence-corrected chi connectivity index (χ4v) is 1.94. The van der Waals surface area contributed by atoms with Gasteiger partial charge >= 0.3 is 5.97 Å². The number of ether oxygens (including phenoxy) is 1. The van der Waals surface area contributed by atoms with Gasteiger partial charge in [0.15, 0.2) is 0 Å². The summed E-state index contributed by atoms with van der Waals surface area (Å²) >= 11 is 0. The van der Waals surface area contributed by atoms with Gasteiger partial charge < -0.3 is 9.84 Å². The number of hydrogen-bond acceptors (Lipinski definition) is 2. The van der Waals surface area contributed by atoms with Crippen LogP contribution in [0.5, 0.6) is 5.75 Å². The van der Waals surface area contributed by atoms with Crippen LogP contribution in [0.4, 0.5) is 0 Å². The van der Waals surface area contributed by atoms with Crippen LogP contribution in [0.2, 0.25) is 0 Å². The molecule has 1 heterocycles. The number of hydrogen-bond donors (Lipinski definition) is 1. The zero-order valence-corrected chi connectivity index (χ0v) is 9.91. The highest BCUT2D eigenvalue weighted by Gasteiger charge is 2.28. The van der Waals surface area contributed by atoms with Crippen LogP contribution in [0, 0.1) is 11.8 Å². The number of carboxylic acids is 1. The molecule has 0 fully saturated rings. The maximum absolute atomic E-state index is 10.4. The molecule has 0 aromatic heterocycles. The summed E-state index contributed by atoms with van der Waals surface area (Å²) in [6.07, 6.45) is 0.954. The van der Waals surface area contributed by atoms with E-state index in [1.807, 2.05) is 12.1 Å². The average molecular weight is 230 g/mol. The van der Waals surface area contributed by atoms with Crippen molar-refractivity contribution in [2.45, 2.75) is 25.7 Å². The van der Waals surface area contributed by atoms with E-state index in [-0.39, 0.29) is 5.41 Å². The molecule has 1 aromatic rings. The van der Waals surface area contributed by atoms with Crippen molar-refractivity contribution in [1.29, 1.82) is 0 Å². The van der Waals surface area contributed by atoms with Gasteiger partial charge in [0.1, 0.15) is 5.75 Å². The van der Waals surface area contributed by atoms with Crippen molar-refractivity contribution < 1.29 is 14.6 Å². The molecule has 0 atom stereocenters. The first-order valence-corrected chi connectivity index (χ1v) is 5.51. The van der Waals surface area contributed by atoms with Crippen molar-refractivity contribution in [2.75, 3.05) is 6.61 Å². The molecule has 0 aliphatic carbocycles. The van der Waals surface area contributed by atoms with Crippen LogP contribution in [-0.4, -0.2) is 17.7 Å². The van der Waals surface area contributed by atoms with Gasteiger partial charge in [0.05, 0.1) is 6.61 Å². The van der Waals surface area contributed by atoms with E-state index in [9.17, 15) is 4.79 Å². The van der Waals surface area contributed by atoms with Gasteiger partial charge in [-0.25, -0.2) is 4.79 Å². The van der Waals surface area contributed by atoms with Crippen LogP contribution >= 0.6 is 0 Å². The van der Waals surface area contributed by atoms with Gasteiger partial charge in [0, 0.05) is 17.0 Å². The topological polar surface area (TPSA) is 46.5 Å². The SMILES string of the molecule is CC1(C)CCOc2ccc(C#CC(=O)O)cc21. The van der Waals surface area contributed by atoms with Gasteiger partial charge in [-0.2, -0.15) is 0 Å². The smallest absolute Gasteiger partial charge is 0.382 e.